The highest BCUT2D eigenvalue weighted by molar-refractivity contribution is 6.31. The normalized spacial score (nSPS) is 15.1. The Kier molecular flexibility index (Phi) is 4.09. The SMILES string of the molecule is COc1cc(Cl)c(C)cc1NC(=O)CC1CNC1. The quantitative estimate of drug-likeness (QED) is 0.880. The van der Waals surface area contributed by atoms with Crippen LogP contribution in [0.2, 0.25) is 5.02 Å². The fraction of sp³-hybridized carbons (Fsp3) is 0.462. The monoisotopic (exact) mass is 268 g/mol. The van der Waals surface area contributed by atoms with Crippen molar-refractivity contribution in [1.29, 1.82) is 0 Å². The first kappa shape index (κ1) is 13.2. The summed E-state index contributed by atoms with van der Waals surface area (Å²) in [6.45, 7) is 3.74. The van der Waals surface area contributed by atoms with Crippen molar-refractivity contribution in [3.63, 3.8) is 0 Å². The van der Waals surface area contributed by atoms with Gasteiger partial charge in [-0.25, -0.2) is 0 Å². The predicted molar refractivity (Wildman–Crippen MR) is 72.3 cm³/mol. The lowest BCUT2D eigenvalue weighted by molar-refractivity contribution is -0.117. The van der Waals surface area contributed by atoms with Gasteiger partial charge in [0.05, 0.1) is 12.8 Å². The number of nitrogens with one attached hydrogen (secondary N) is 2. The fourth-order valence-electron chi connectivity index (χ4n) is 1.89. The molecular formula is C13H17ClN2O2. The van der Waals surface area contributed by atoms with Crippen LogP contribution >= 0.6 is 11.6 Å². The maximum absolute atomic E-state index is 11.9. The third-order valence-corrected chi connectivity index (χ3v) is 3.50. The molecule has 0 radical (unpaired) electrons. The summed E-state index contributed by atoms with van der Waals surface area (Å²) >= 11 is 6.02. The Morgan fingerprint density at radius 2 is 2.28 bits per heavy atom. The molecule has 2 N–H and O–H groups in total. The highest BCUT2D eigenvalue weighted by Gasteiger charge is 2.20. The van der Waals surface area contributed by atoms with Crippen LogP contribution in [-0.2, 0) is 4.79 Å². The van der Waals surface area contributed by atoms with E-state index >= 15 is 0 Å². The molecule has 0 aromatic heterocycles. The van der Waals surface area contributed by atoms with Crippen molar-refractivity contribution in [3.8, 4) is 5.75 Å². The number of methoxy groups -OCH3 is 1. The van der Waals surface area contributed by atoms with E-state index in [0.29, 0.717) is 28.8 Å². The molecule has 0 bridgehead atoms. The summed E-state index contributed by atoms with van der Waals surface area (Å²) in [5, 5.41) is 6.66. The largest absolute Gasteiger partial charge is 0.495 e. The van der Waals surface area contributed by atoms with Crippen molar-refractivity contribution < 1.29 is 9.53 Å². The van der Waals surface area contributed by atoms with Crippen LogP contribution in [0.1, 0.15) is 12.0 Å². The van der Waals surface area contributed by atoms with Gasteiger partial charge in [-0.3, -0.25) is 4.79 Å². The van der Waals surface area contributed by atoms with Gasteiger partial charge in [-0.15, -0.1) is 0 Å². The second-order valence-electron chi connectivity index (χ2n) is 4.58. The number of anilines is 1. The lowest BCUT2D eigenvalue weighted by atomic mass is 9.99. The number of benzene rings is 1. The van der Waals surface area contributed by atoms with E-state index in [9.17, 15) is 4.79 Å². The average molecular weight is 269 g/mol. The molecule has 2 rings (SSSR count). The van der Waals surface area contributed by atoms with Crippen molar-refractivity contribution >= 4 is 23.2 Å². The molecule has 1 amide bonds. The first-order valence-corrected chi connectivity index (χ1v) is 6.32. The van der Waals surface area contributed by atoms with Gasteiger partial charge in [0.1, 0.15) is 5.75 Å². The second kappa shape index (κ2) is 5.59. The van der Waals surface area contributed by atoms with Crippen LogP contribution in [0.15, 0.2) is 12.1 Å². The summed E-state index contributed by atoms with van der Waals surface area (Å²) in [5.41, 5.74) is 1.59. The Morgan fingerprint density at radius 3 is 2.83 bits per heavy atom. The summed E-state index contributed by atoms with van der Waals surface area (Å²) in [7, 11) is 1.56. The number of rotatable bonds is 4. The minimum absolute atomic E-state index is 0.0153. The number of hydrogen-bond acceptors (Lipinski definition) is 3. The molecule has 5 heteroatoms. The summed E-state index contributed by atoms with van der Waals surface area (Å²) in [6, 6.07) is 3.55. The molecule has 1 aromatic carbocycles. The Bertz CT molecular complexity index is 459. The van der Waals surface area contributed by atoms with E-state index in [4.69, 9.17) is 16.3 Å². The zero-order chi connectivity index (χ0) is 13.1. The van der Waals surface area contributed by atoms with E-state index in [-0.39, 0.29) is 5.91 Å². The van der Waals surface area contributed by atoms with E-state index in [1.807, 2.05) is 13.0 Å². The van der Waals surface area contributed by atoms with Crippen LogP contribution in [0, 0.1) is 12.8 Å². The van der Waals surface area contributed by atoms with Crippen molar-refractivity contribution in [2.45, 2.75) is 13.3 Å². The molecule has 0 atom stereocenters. The maximum atomic E-state index is 11.9. The standard InChI is InChI=1S/C13H17ClN2O2/c1-8-3-11(12(18-2)5-10(8)14)16-13(17)4-9-6-15-7-9/h3,5,9,15H,4,6-7H2,1-2H3,(H,16,17). The van der Waals surface area contributed by atoms with Gasteiger partial charge in [0.15, 0.2) is 0 Å². The summed E-state index contributed by atoms with van der Waals surface area (Å²) in [6.07, 6.45) is 0.540. The van der Waals surface area contributed by atoms with Gasteiger partial charge in [0.2, 0.25) is 5.91 Å². The lowest BCUT2D eigenvalue weighted by Crippen LogP contribution is -2.43. The number of aryl methyl sites for hydroxylation is 1. The zero-order valence-electron chi connectivity index (χ0n) is 10.5. The maximum Gasteiger partial charge on any atom is 0.224 e. The van der Waals surface area contributed by atoms with Gasteiger partial charge in [-0.05, 0) is 37.6 Å². The molecule has 98 valence electrons. The van der Waals surface area contributed by atoms with E-state index in [1.54, 1.807) is 13.2 Å². The Balaban J connectivity index is 2.07. The molecule has 1 aliphatic rings. The molecule has 1 heterocycles. The molecule has 0 aliphatic carbocycles. The molecule has 1 aromatic rings. The van der Waals surface area contributed by atoms with Crippen LogP contribution in [-0.4, -0.2) is 26.1 Å². The van der Waals surface area contributed by atoms with Crippen LogP contribution in [0.4, 0.5) is 5.69 Å². The first-order chi connectivity index (χ1) is 8.60. The highest BCUT2D eigenvalue weighted by atomic mass is 35.5. The number of carbonyl (C=O) groups is 1. The summed E-state index contributed by atoms with van der Waals surface area (Å²) in [5.74, 6) is 1.05. The average Bonchev–Trinajstić information content (AvgIpc) is 2.28. The van der Waals surface area contributed by atoms with E-state index < -0.39 is 0 Å². The van der Waals surface area contributed by atoms with Crippen molar-refractivity contribution in [2.24, 2.45) is 5.92 Å². The molecule has 1 aliphatic heterocycles. The number of ether oxygens (including phenoxy) is 1. The van der Waals surface area contributed by atoms with Gasteiger partial charge in [-0.1, -0.05) is 11.6 Å². The van der Waals surface area contributed by atoms with Gasteiger partial charge in [0.25, 0.3) is 0 Å². The van der Waals surface area contributed by atoms with Crippen LogP contribution in [0.5, 0.6) is 5.75 Å². The molecule has 18 heavy (non-hydrogen) atoms. The number of hydrogen-bond donors (Lipinski definition) is 2. The second-order valence-corrected chi connectivity index (χ2v) is 4.99. The van der Waals surface area contributed by atoms with Crippen molar-refractivity contribution in [3.05, 3.63) is 22.7 Å². The topological polar surface area (TPSA) is 50.4 Å². The summed E-state index contributed by atoms with van der Waals surface area (Å²) < 4.78 is 5.22. The van der Waals surface area contributed by atoms with Crippen molar-refractivity contribution in [2.75, 3.05) is 25.5 Å². The Hall–Kier alpha value is -1.26. The summed E-state index contributed by atoms with van der Waals surface area (Å²) in [4.78, 5) is 11.9. The van der Waals surface area contributed by atoms with Crippen LogP contribution < -0.4 is 15.4 Å². The molecule has 1 fully saturated rings. The molecule has 0 spiro atoms. The van der Waals surface area contributed by atoms with Gasteiger partial charge >= 0.3 is 0 Å². The van der Waals surface area contributed by atoms with Crippen molar-refractivity contribution in [1.82, 2.24) is 5.32 Å². The van der Waals surface area contributed by atoms with Crippen LogP contribution in [0.25, 0.3) is 0 Å². The van der Waals surface area contributed by atoms with Gasteiger partial charge in [0, 0.05) is 17.5 Å². The first-order valence-electron chi connectivity index (χ1n) is 5.95. The molecule has 1 saturated heterocycles. The number of carbonyl (C=O) groups excluding carboxylic acids is 1. The molecule has 4 nitrogen and oxygen atoms in total. The van der Waals surface area contributed by atoms with Crippen LogP contribution in [0.3, 0.4) is 0 Å². The lowest BCUT2D eigenvalue weighted by Gasteiger charge is -2.26. The zero-order valence-corrected chi connectivity index (χ0v) is 11.3. The minimum Gasteiger partial charge on any atom is -0.495 e. The number of halogens is 1. The smallest absolute Gasteiger partial charge is 0.224 e. The van der Waals surface area contributed by atoms with E-state index in [0.717, 1.165) is 18.7 Å². The molecule has 0 saturated carbocycles. The van der Waals surface area contributed by atoms with E-state index in [1.165, 1.54) is 0 Å². The fourth-order valence-corrected chi connectivity index (χ4v) is 2.04. The molecular weight excluding hydrogens is 252 g/mol. The predicted octanol–water partition coefficient (Wildman–Crippen LogP) is 2.21. The Morgan fingerprint density at radius 1 is 1.56 bits per heavy atom. The number of amides is 1. The third kappa shape index (κ3) is 2.94. The minimum atomic E-state index is 0.0153. The third-order valence-electron chi connectivity index (χ3n) is 3.09. The van der Waals surface area contributed by atoms with Gasteiger partial charge in [-0.2, -0.15) is 0 Å². The highest BCUT2D eigenvalue weighted by Crippen LogP contribution is 2.31. The molecule has 0 unspecified atom stereocenters. The van der Waals surface area contributed by atoms with E-state index in [2.05, 4.69) is 10.6 Å². The Labute approximate surface area is 112 Å². The van der Waals surface area contributed by atoms with Gasteiger partial charge < -0.3 is 15.4 Å².